The minimum atomic E-state index is -0.153. The van der Waals surface area contributed by atoms with Crippen molar-refractivity contribution < 1.29 is 4.79 Å². The van der Waals surface area contributed by atoms with E-state index in [-0.39, 0.29) is 12.1 Å². The molecule has 2 heterocycles. The average molecular weight is 212 g/mol. The summed E-state index contributed by atoms with van der Waals surface area (Å²) in [5, 5.41) is 3.31. The molecule has 0 bridgehead atoms. The van der Waals surface area contributed by atoms with Crippen LogP contribution in [0.4, 0.5) is 10.6 Å². The summed E-state index contributed by atoms with van der Waals surface area (Å²) >= 11 is 6.03. The maximum absolute atomic E-state index is 11.4. The molecule has 74 valence electrons. The van der Waals surface area contributed by atoms with E-state index in [0.29, 0.717) is 10.8 Å². The van der Waals surface area contributed by atoms with Crippen molar-refractivity contribution in [3.05, 3.63) is 22.8 Å². The normalized spacial score (nSPS) is 20.4. The Morgan fingerprint density at radius 2 is 2.36 bits per heavy atom. The molecule has 1 aromatic heterocycles. The summed E-state index contributed by atoms with van der Waals surface area (Å²) in [6, 6.07) is 1.53. The predicted molar refractivity (Wildman–Crippen MR) is 54.4 cm³/mol. The molecule has 5 heteroatoms. The van der Waals surface area contributed by atoms with Crippen molar-refractivity contribution in [2.24, 2.45) is 0 Å². The third-order valence-corrected chi connectivity index (χ3v) is 2.81. The number of urea groups is 1. The fourth-order valence-corrected chi connectivity index (χ4v) is 1.81. The van der Waals surface area contributed by atoms with Crippen LogP contribution >= 0.6 is 11.6 Å². The Hall–Kier alpha value is -1.29. The first-order valence-corrected chi connectivity index (χ1v) is 4.67. The highest BCUT2D eigenvalue weighted by Gasteiger charge is 2.28. The van der Waals surface area contributed by atoms with E-state index in [1.165, 1.54) is 0 Å². The summed E-state index contributed by atoms with van der Waals surface area (Å²) < 4.78 is 0. The van der Waals surface area contributed by atoms with Crippen molar-refractivity contribution in [3.63, 3.8) is 0 Å². The molecule has 1 aliphatic rings. The maximum Gasteiger partial charge on any atom is 0.323 e. The van der Waals surface area contributed by atoms with E-state index in [9.17, 15) is 4.79 Å². The lowest BCUT2D eigenvalue weighted by molar-refractivity contribution is 0.205. The highest BCUT2D eigenvalue weighted by atomic mass is 35.5. The number of halogens is 1. The van der Waals surface area contributed by atoms with Crippen molar-refractivity contribution in [2.75, 3.05) is 12.4 Å². The van der Waals surface area contributed by atoms with Crippen LogP contribution in [0, 0.1) is 0 Å². The Morgan fingerprint density at radius 1 is 1.64 bits per heavy atom. The van der Waals surface area contributed by atoms with Crippen LogP contribution in [0.3, 0.4) is 0 Å². The zero-order valence-corrected chi connectivity index (χ0v) is 8.67. The van der Waals surface area contributed by atoms with E-state index in [1.54, 1.807) is 24.2 Å². The summed E-state index contributed by atoms with van der Waals surface area (Å²) in [5.41, 5.74) is 0.872. The molecule has 0 aliphatic carbocycles. The number of nitrogens with zero attached hydrogens (tertiary/aromatic N) is 2. The number of fused-ring (bicyclic) bond motifs is 1. The molecule has 0 fully saturated rings. The summed E-state index contributed by atoms with van der Waals surface area (Å²) in [7, 11) is 1.73. The fourth-order valence-electron chi connectivity index (χ4n) is 1.51. The van der Waals surface area contributed by atoms with Gasteiger partial charge in [0.15, 0.2) is 0 Å². The zero-order valence-electron chi connectivity index (χ0n) is 7.91. The Bertz CT molecular complexity index is 394. The lowest BCUT2D eigenvalue weighted by Crippen LogP contribution is -2.38. The molecule has 1 unspecified atom stereocenters. The highest BCUT2D eigenvalue weighted by molar-refractivity contribution is 6.32. The van der Waals surface area contributed by atoms with Crippen molar-refractivity contribution in [2.45, 2.75) is 13.0 Å². The molecule has 0 spiro atoms. The molecule has 2 amide bonds. The summed E-state index contributed by atoms with van der Waals surface area (Å²) in [6.45, 7) is 1.92. The molecule has 1 aliphatic heterocycles. The second-order valence-corrected chi connectivity index (χ2v) is 3.68. The van der Waals surface area contributed by atoms with E-state index < -0.39 is 0 Å². The van der Waals surface area contributed by atoms with Gasteiger partial charge in [-0.1, -0.05) is 11.6 Å². The van der Waals surface area contributed by atoms with Gasteiger partial charge in [-0.2, -0.15) is 0 Å². The number of anilines is 1. The Labute approximate surface area is 86.9 Å². The molecule has 1 aromatic rings. The zero-order chi connectivity index (χ0) is 10.3. The number of hydrogen-bond donors (Lipinski definition) is 1. The number of nitrogens with one attached hydrogen (secondary N) is 1. The van der Waals surface area contributed by atoms with Crippen molar-refractivity contribution in [3.8, 4) is 0 Å². The summed E-state index contributed by atoms with van der Waals surface area (Å²) in [6.07, 6.45) is 1.58. The van der Waals surface area contributed by atoms with Crippen LogP contribution in [0.25, 0.3) is 0 Å². The SMILES string of the molecule is CC1c2c(Cl)ccnc2NC(=O)N1C. The van der Waals surface area contributed by atoms with Crippen LogP contribution in [0.15, 0.2) is 12.3 Å². The summed E-state index contributed by atoms with van der Waals surface area (Å²) in [5.74, 6) is 0.563. The van der Waals surface area contributed by atoms with Gasteiger partial charge in [0.2, 0.25) is 0 Å². The van der Waals surface area contributed by atoms with Gasteiger partial charge in [-0.05, 0) is 13.0 Å². The maximum atomic E-state index is 11.4. The van der Waals surface area contributed by atoms with Gasteiger partial charge < -0.3 is 4.90 Å². The number of amides is 2. The van der Waals surface area contributed by atoms with Gasteiger partial charge in [0.1, 0.15) is 5.82 Å². The van der Waals surface area contributed by atoms with Crippen molar-refractivity contribution in [1.82, 2.24) is 9.88 Å². The van der Waals surface area contributed by atoms with Crippen LogP contribution in [0.5, 0.6) is 0 Å². The van der Waals surface area contributed by atoms with Gasteiger partial charge in [-0.3, -0.25) is 5.32 Å². The minimum Gasteiger partial charge on any atom is -0.321 e. The number of pyridine rings is 1. The fraction of sp³-hybridized carbons (Fsp3) is 0.333. The van der Waals surface area contributed by atoms with Crippen LogP contribution in [0.2, 0.25) is 5.02 Å². The van der Waals surface area contributed by atoms with Crippen LogP contribution in [0.1, 0.15) is 18.5 Å². The van der Waals surface area contributed by atoms with E-state index in [1.807, 2.05) is 6.92 Å². The van der Waals surface area contributed by atoms with Crippen molar-refractivity contribution in [1.29, 1.82) is 0 Å². The largest absolute Gasteiger partial charge is 0.323 e. The van der Waals surface area contributed by atoms with E-state index in [0.717, 1.165) is 5.56 Å². The average Bonchev–Trinajstić information content (AvgIpc) is 2.14. The van der Waals surface area contributed by atoms with Gasteiger partial charge in [-0.25, -0.2) is 9.78 Å². The number of carbonyl (C=O) groups is 1. The molecule has 0 radical (unpaired) electrons. The molecule has 0 aromatic carbocycles. The molecule has 1 atom stereocenters. The second-order valence-electron chi connectivity index (χ2n) is 3.27. The molecule has 0 saturated carbocycles. The number of aromatic nitrogens is 1. The Kier molecular flexibility index (Phi) is 2.07. The lowest BCUT2D eigenvalue weighted by atomic mass is 10.1. The lowest BCUT2D eigenvalue weighted by Gasteiger charge is -2.32. The molecule has 4 nitrogen and oxygen atoms in total. The van der Waals surface area contributed by atoms with Crippen molar-refractivity contribution >= 4 is 23.4 Å². The molecular formula is C9H10ClN3O. The van der Waals surface area contributed by atoms with E-state index >= 15 is 0 Å². The number of carbonyl (C=O) groups excluding carboxylic acids is 1. The van der Waals surface area contributed by atoms with Crippen LogP contribution in [-0.2, 0) is 0 Å². The quantitative estimate of drug-likeness (QED) is 0.716. The van der Waals surface area contributed by atoms with Gasteiger partial charge in [0, 0.05) is 18.8 Å². The molecule has 2 rings (SSSR count). The first kappa shape index (κ1) is 9.27. The summed E-state index contributed by atoms with van der Waals surface area (Å²) in [4.78, 5) is 17.1. The number of hydrogen-bond acceptors (Lipinski definition) is 2. The molecule has 1 N–H and O–H groups in total. The van der Waals surface area contributed by atoms with Gasteiger partial charge in [0.05, 0.1) is 11.1 Å². The third-order valence-electron chi connectivity index (χ3n) is 2.48. The molecule has 0 saturated heterocycles. The smallest absolute Gasteiger partial charge is 0.321 e. The van der Waals surface area contributed by atoms with E-state index in [2.05, 4.69) is 10.3 Å². The minimum absolute atomic E-state index is 0.0417. The first-order valence-electron chi connectivity index (χ1n) is 4.29. The molecule has 14 heavy (non-hydrogen) atoms. The van der Waals surface area contributed by atoms with E-state index in [4.69, 9.17) is 11.6 Å². The number of rotatable bonds is 0. The topological polar surface area (TPSA) is 45.2 Å². The van der Waals surface area contributed by atoms with Gasteiger partial charge >= 0.3 is 6.03 Å². The van der Waals surface area contributed by atoms with Gasteiger partial charge in [-0.15, -0.1) is 0 Å². The Balaban J connectivity index is 2.56. The second kappa shape index (κ2) is 3.13. The first-order chi connectivity index (χ1) is 6.61. The third kappa shape index (κ3) is 1.23. The Morgan fingerprint density at radius 3 is 3.07 bits per heavy atom. The van der Waals surface area contributed by atoms with Crippen LogP contribution in [-0.4, -0.2) is 23.0 Å². The highest BCUT2D eigenvalue weighted by Crippen LogP contribution is 2.34. The van der Waals surface area contributed by atoms with Crippen LogP contribution < -0.4 is 5.32 Å². The van der Waals surface area contributed by atoms with Gasteiger partial charge in [0.25, 0.3) is 0 Å². The predicted octanol–water partition coefficient (Wildman–Crippen LogP) is 2.27. The monoisotopic (exact) mass is 211 g/mol. The molecular weight excluding hydrogens is 202 g/mol. The standard InChI is InChI=1S/C9H10ClN3O/c1-5-7-6(10)3-4-11-8(7)12-9(14)13(5)2/h3-5H,1-2H3,(H,11,12,14).